The molecule has 0 spiro atoms. The number of amides is 1. The number of terminal acetylenes is 1. The molecule has 2 rings (SSSR count). The number of hydrogen-bond donors (Lipinski definition) is 1. The van der Waals surface area contributed by atoms with Crippen LogP contribution < -0.4 is 5.32 Å². The molecular formula is C13H9F3N4O2. The Labute approximate surface area is 122 Å². The quantitative estimate of drug-likeness (QED) is 0.876. The smallest absolute Gasteiger partial charge is 0.414 e. The van der Waals surface area contributed by atoms with Crippen LogP contribution in [0.15, 0.2) is 22.7 Å². The van der Waals surface area contributed by atoms with Gasteiger partial charge in [-0.05, 0) is 19.1 Å². The van der Waals surface area contributed by atoms with Crippen LogP contribution in [0.1, 0.15) is 33.9 Å². The Hall–Kier alpha value is -2.89. The van der Waals surface area contributed by atoms with E-state index in [0.717, 1.165) is 0 Å². The van der Waals surface area contributed by atoms with Crippen molar-refractivity contribution in [1.29, 1.82) is 0 Å². The van der Waals surface area contributed by atoms with E-state index in [1.807, 2.05) is 0 Å². The number of pyridine rings is 1. The highest BCUT2D eigenvalue weighted by atomic mass is 19.4. The van der Waals surface area contributed by atoms with Crippen molar-refractivity contribution in [2.75, 3.05) is 0 Å². The normalized spacial score (nSPS) is 12.5. The third-order valence-corrected chi connectivity index (χ3v) is 2.55. The fourth-order valence-electron chi connectivity index (χ4n) is 1.46. The zero-order valence-corrected chi connectivity index (χ0v) is 11.2. The van der Waals surface area contributed by atoms with E-state index in [1.54, 1.807) is 13.0 Å². The zero-order chi connectivity index (χ0) is 16.3. The molecule has 2 aromatic heterocycles. The molecule has 0 aliphatic rings. The lowest BCUT2D eigenvalue weighted by Gasteiger charge is -2.09. The van der Waals surface area contributed by atoms with E-state index in [4.69, 9.17) is 6.42 Å². The van der Waals surface area contributed by atoms with Gasteiger partial charge in [-0.2, -0.15) is 13.2 Å². The first kappa shape index (κ1) is 15.5. The third-order valence-electron chi connectivity index (χ3n) is 2.55. The number of aromatic nitrogens is 3. The van der Waals surface area contributed by atoms with E-state index in [-0.39, 0.29) is 5.56 Å². The monoisotopic (exact) mass is 310 g/mol. The molecule has 6 nitrogen and oxygen atoms in total. The summed E-state index contributed by atoms with van der Waals surface area (Å²) in [5, 5.41) is 8.36. The van der Waals surface area contributed by atoms with Gasteiger partial charge in [0.25, 0.3) is 11.8 Å². The molecule has 0 bridgehead atoms. The Bertz CT molecular complexity index is 716. The molecule has 0 aliphatic heterocycles. The van der Waals surface area contributed by atoms with E-state index in [9.17, 15) is 18.0 Å². The molecular weight excluding hydrogens is 301 g/mol. The minimum atomic E-state index is -4.78. The SMILES string of the molecule is C#C[C@@H](NC(=O)c1ccc(C)nc1)c1nnc(C(F)(F)F)o1. The van der Waals surface area contributed by atoms with Crippen LogP contribution in [0, 0.1) is 19.3 Å². The van der Waals surface area contributed by atoms with Gasteiger partial charge in [0.2, 0.25) is 0 Å². The molecule has 2 heterocycles. The molecule has 0 unspecified atom stereocenters. The molecule has 0 fully saturated rings. The second-order valence-corrected chi connectivity index (χ2v) is 4.20. The van der Waals surface area contributed by atoms with E-state index >= 15 is 0 Å². The van der Waals surface area contributed by atoms with Crippen LogP contribution in [-0.2, 0) is 6.18 Å². The van der Waals surface area contributed by atoms with E-state index in [1.165, 1.54) is 12.3 Å². The summed E-state index contributed by atoms with van der Waals surface area (Å²) in [4.78, 5) is 15.9. The molecule has 114 valence electrons. The molecule has 1 atom stereocenters. The minimum absolute atomic E-state index is 0.196. The molecule has 9 heteroatoms. The molecule has 1 N–H and O–H groups in total. The highest BCUT2D eigenvalue weighted by Crippen LogP contribution is 2.28. The fourth-order valence-corrected chi connectivity index (χ4v) is 1.46. The number of hydrogen-bond acceptors (Lipinski definition) is 5. The Balaban J connectivity index is 2.16. The lowest BCUT2D eigenvalue weighted by molar-refractivity contribution is -0.157. The fraction of sp³-hybridized carbons (Fsp3) is 0.231. The first-order valence-electron chi connectivity index (χ1n) is 5.91. The molecule has 0 radical (unpaired) electrons. The van der Waals surface area contributed by atoms with Crippen LogP contribution in [0.3, 0.4) is 0 Å². The lowest BCUT2D eigenvalue weighted by atomic mass is 10.2. The largest absolute Gasteiger partial charge is 0.470 e. The van der Waals surface area contributed by atoms with E-state index in [0.29, 0.717) is 5.69 Å². The topological polar surface area (TPSA) is 80.9 Å². The highest BCUT2D eigenvalue weighted by Gasteiger charge is 2.39. The van der Waals surface area contributed by atoms with Crippen molar-refractivity contribution >= 4 is 5.91 Å². The van der Waals surface area contributed by atoms with Gasteiger partial charge in [-0.15, -0.1) is 16.6 Å². The number of carbonyl (C=O) groups is 1. The second-order valence-electron chi connectivity index (χ2n) is 4.20. The van der Waals surface area contributed by atoms with Crippen molar-refractivity contribution in [3.63, 3.8) is 0 Å². The number of nitrogens with zero attached hydrogens (tertiary/aromatic N) is 3. The van der Waals surface area contributed by atoms with Gasteiger partial charge in [-0.1, -0.05) is 5.92 Å². The number of nitrogens with one attached hydrogen (secondary N) is 1. The highest BCUT2D eigenvalue weighted by molar-refractivity contribution is 5.94. The van der Waals surface area contributed by atoms with Gasteiger partial charge < -0.3 is 9.73 Å². The van der Waals surface area contributed by atoms with Crippen molar-refractivity contribution in [3.8, 4) is 12.3 Å². The maximum Gasteiger partial charge on any atom is 0.470 e. The molecule has 0 aromatic carbocycles. The Morgan fingerprint density at radius 1 is 1.41 bits per heavy atom. The van der Waals surface area contributed by atoms with Crippen LogP contribution in [0.5, 0.6) is 0 Å². The summed E-state index contributed by atoms with van der Waals surface area (Å²) in [5.74, 6) is -0.602. The predicted octanol–water partition coefficient (Wildman–Crippen LogP) is 1.90. The van der Waals surface area contributed by atoms with Crippen LogP contribution in [-0.4, -0.2) is 21.1 Å². The number of rotatable bonds is 3. The zero-order valence-electron chi connectivity index (χ0n) is 11.2. The van der Waals surface area contributed by atoms with Crippen molar-refractivity contribution in [2.45, 2.75) is 19.1 Å². The van der Waals surface area contributed by atoms with Gasteiger partial charge in [0.15, 0.2) is 6.04 Å². The van der Waals surface area contributed by atoms with Gasteiger partial charge in [0.05, 0.1) is 5.56 Å². The summed E-state index contributed by atoms with van der Waals surface area (Å²) in [6, 6.07) is 1.83. The van der Waals surface area contributed by atoms with Crippen LogP contribution >= 0.6 is 0 Å². The summed E-state index contributed by atoms with van der Waals surface area (Å²) in [7, 11) is 0. The maximum absolute atomic E-state index is 12.4. The first-order chi connectivity index (χ1) is 10.3. The van der Waals surface area contributed by atoms with Gasteiger partial charge >= 0.3 is 12.1 Å². The standard InChI is InChI=1S/C13H9F3N4O2/c1-3-9(11-19-20-12(22-11)13(14,15)16)18-10(21)8-5-4-7(2)17-6-8/h1,4-6,9H,2H3,(H,18,21)/t9-/m1/s1. The Morgan fingerprint density at radius 2 is 2.14 bits per heavy atom. The molecule has 2 aromatic rings. The molecule has 1 amide bonds. The summed E-state index contributed by atoms with van der Waals surface area (Å²) >= 11 is 0. The average Bonchev–Trinajstić information content (AvgIpc) is 2.95. The van der Waals surface area contributed by atoms with Gasteiger partial charge in [0.1, 0.15) is 0 Å². The third kappa shape index (κ3) is 3.41. The number of aryl methyl sites for hydroxylation is 1. The number of carbonyl (C=O) groups excluding carboxylic acids is 1. The van der Waals surface area contributed by atoms with Crippen molar-refractivity contribution in [3.05, 3.63) is 41.4 Å². The summed E-state index contributed by atoms with van der Waals surface area (Å²) in [5.41, 5.74) is 0.901. The van der Waals surface area contributed by atoms with E-state index < -0.39 is 29.9 Å². The predicted molar refractivity (Wildman–Crippen MR) is 67.3 cm³/mol. The van der Waals surface area contributed by atoms with Crippen LogP contribution in [0.2, 0.25) is 0 Å². The first-order valence-corrected chi connectivity index (χ1v) is 5.91. The van der Waals surface area contributed by atoms with Crippen molar-refractivity contribution < 1.29 is 22.4 Å². The van der Waals surface area contributed by atoms with Crippen molar-refractivity contribution in [1.82, 2.24) is 20.5 Å². The summed E-state index contributed by atoms with van der Waals surface area (Å²) < 4.78 is 41.6. The lowest BCUT2D eigenvalue weighted by Crippen LogP contribution is -2.28. The second kappa shape index (κ2) is 5.85. The minimum Gasteiger partial charge on any atom is -0.414 e. The number of alkyl halides is 3. The molecule has 0 aliphatic carbocycles. The van der Waals surface area contributed by atoms with Gasteiger partial charge in [-0.3, -0.25) is 9.78 Å². The van der Waals surface area contributed by atoms with E-state index in [2.05, 4.69) is 30.8 Å². The van der Waals surface area contributed by atoms with Crippen molar-refractivity contribution in [2.24, 2.45) is 0 Å². The molecule has 0 saturated carbocycles. The van der Waals surface area contributed by atoms with Crippen LogP contribution in [0.25, 0.3) is 0 Å². The molecule has 0 saturated heterocycles. The number of halogens is 3. The van der Waals surface area contributed by atoms with Crippen LogP contribution in [0.4, 0.5) is 13.2 Å². The van der Waals surface area contributed by atoms with Gasteiger partial charge in [0, 0.05) is 11.9 Å². The Kier molecular flexibility index (Phi) is 4.12. The Morgan fingerprint density at radius 3 is 2.64 bits per heavy atom. The summed E-state index contributed by atoms with van der Waals surface area (Å²) in [6.45, 7) is 1.74. The van der Waals surface area contributed by atoms with Gasteiger partial charge in [-0.25, -0.2) is 0 Å². The molecule has 22 heavy (non-hydrogen) atoms. The summed E-state index contributed by atoms with van der Waals surface area (Å²) in [6.07, 6.45) is 1.71. The average molecular weight is 310 g/mol. The maximum atomic E-state index is 12.4.